The lowest BCUT2D eigenvalue weighted by Gasteiger charge is -2.59. The SMILES string of the molecule is Cc1ccccc1C[C@@H](C=O)N(C)NC1C2CC3CC1CC(C(N)=O)(C3)C2. The standard InChI is InChI=1S/C22H31N3O2/c1-14-5-3-4-6-16(14)9-19(13-26)25(2)24-20-17-7-15-8-18(20)12-22(10-15,11-17)21(23)27/h3-6,13,15,17-20,24H,7-12H2,1-2H3,(H2,23,27)/t15?,17?,18?,19-,20?,22?/m0/s1. The Morgan fingerprint density at radius 1 is 1.30 bits per heavy atom. The number of carbonyl (C=O) groups is 2. The van der Waals surface area contributed by atoms with Crippen LogP contribution in [0.5, 0.6) is 0 Å². The summed E-state index contributed by atoms with van der Waals surface area (Å²) in [6.45, 7) is 2.09. The molecule has 0 heterocycles. The van der Waals surface area contributed by atoms with Gasteiger partial charge in [-0.1, -0.05) is 24.3 Å². The minimum absolute atomic E-state index is 0.0981. The predicted octanol–water partition coefficient (Wildman–Crippen LogP) is 2.22. The summed E-state index contributed by atoms with van der Waals surface area (Å²) in [5, 5.41) is 2.00. The Morgan fingerprint density at radius 2 is 1.96 bits per heavy atom. The number of carbonyl (C=O) groups excluding carboxylic acids is 2. The molecule has 0 radical (unpaired) electrons. The number of nitrogens with one attached hydrogen (secondary N) is 1. The number of benzene rings is 1. The van der Waals surface area contributed by atoms with Gasteiger partial charge in [0, 0.05) is 18.5 Å². The molecule has 0 aliphatic heterocycles. The maximum Gasteiger partial charge on any atom is 0.223 e. The molecule has 3 atom stereocenters. The maximum atomic E-state index is 12.1. The number of hydrogen-bond donors (Lipinski definition) is 2. The van der Waals surface area contributed by atoms with E-state index in [0.29, 0.717) is 30.2 Å². The van der Waals surface area contributed by atoms with Crippen molar-refractivity contribution in [1.29, 1.82) is 0 Å². The lowest BCUT2D eigenvalue weighted by atomic mass is 9.48. The van der Waals surface area contributed by atoms with Gasteiger partial charge >= 0.3 is 0 Å². The number of aryl methyl sites for hydroxylation is 1. The summed E-state index contributed by atoms with van der Waals surface area (Å²) in [5.74, 6) is 1.51. The summed E-state index contributed by atoms with van der Waals surface area (Å²) in [7, 11) is 1.98. The Balaban J connectivity index is 1.45. The second kappa shape index (κ2) is 7.02. The molecule has 1 aromatic carbocycles. The van der Waals surface area contributed by atoms with Gasteiger partial charge in [-0.3, -0.25) is 10.2 Å². The molecule has 2 unspecified atom stereocenters. The number of nitrogens with two attached hydrogens (primary N) is 1. The molecule has 0 spiro atoms. The molecule has 5 rings (SSSR count). The number of aldehydes is 1. The summed E-state index contributed by atoms with van der Waals surface area (Å²) in [4.78, 5) is 23.9. The highest BCUT2D eigenvalue weighted by molar-refractivity contribution is 5.81. The lowest BCUT2D eigenvalue weighted by molar-refractivity contribution is -0.148. The molecule has 5 nitrogen and oxygen atoms in total. The van der Waals surface area contributed by atoms with E-state index in [4.69, 9.17) is 5.73 Å². The quantitative estimate of drug-likeness (QED) is 0.571. The first-order chi connectivity index (χ1) is 12.9. The molecule has 5 heteroatoms. The molecule has 4 fully saturated rings. The largest absolute Gasteiger partial charge is 0.369 e. The molecule has 4 saturated carbocycles. The highest BCUT2D eigenvalue weighted by atomic mass is 16.1. The number of nitrogens with zero attached hydrogens (tertiary/aromatic N) is 1. The van der Waals surface area contributed by atoms with E-state index in [1.54, 1.807) is 0 Å². The minimum atomic E-state index is -0.265. The van der Waals surface area contributed by atoms with Crippen LogP contribution in [-0.4, -0.2) is 36.3 Å². The van der Waals surface area contributed by atoms with E-state index in [9.17, 15) is 9.59 Å². The molecule has 1 aromatic rings. The summed E-state index contributed by atoms with van der Waals surface area (Å²) >= 11 is 0. The fourth-order valence-corrected chi connectivity index (χ4v) is 6.21. The minimum Gasteiger partial charge on any atom is -0.369 e. The van der Waals surface area contributed by atoms with Crippen LogP contribution in [0.15, 0.2) is 24.3 Å². The van der Waals surface area contributed by atoms with Gasteiger partial charge in [0.2, 0.25) is 5.91 Å². The smallest absolute Gasteiger partial charge is 0.223 e. The van der Waals surface area contributed by atoms with E-state index >= 15 is 0 Å². The van der Waals surface area contributed by atoms with Crippen molar-refractivity contribution in [3.63, 3.8) is 0 Å². The van der Waals surface area contributed by atoms with Gasteiger partial charge in [0.05, 0.1) is 6.04 Å². The Morgan fingerprint density at radius 3 is 2.56 bits per heavy atom. The maximum absolute atomic E-state index is 12.1. The summed E-state index contributed by atoms with van der Waals surface area (Å²) in [6, 6.07) is 8.38. The van der Waals surface area contributed by atoms with Crippen molar-refractivity contribution >= 4 is 12.2 Å². The monoisotopic (exact) mass is 369 g/mol. The van der Waals surface area contributed by atoms with Crippen LogP contribution in [0.3, 0.4) is 0 Å². The third-order valence-corrected chi connectivity index (χ3v) is 7.49. The van der Waals surface area contributed by atoms with Crippen molar-refractivity contribution in [2.24, 2.45) is 28.9 Å². The van der Waals surface area contributed by atoms with E-state index in [-0.39, 0.29) is 17.4 Å². The molecule has 0 aromatic heterocycles. The van der Waals surface area contributed by atoms with Gasteiger partial charge in [-0.25, -0.2) is 5.01 Å². The number of primary amides is 1. The van der Waals surface area contributed by atoms with E-state index in [1.165, 1.54) is 24.0 Å². The third-order valence-electron chi connectivity index (χ3n) is 7.49. The number of likely N-dealkylation sites (N-methyl/N-ethyl adjacent to an activating group) is 1. The van der Waals surface area contributed by atoms with Crippen LogP contribution in [0, 0.1) is 30.1 Å². The number of rotatable bonds is 7. The molecule has 4 aliphatic rings. The fraction of sp³-hybridized carbons (Fsp3) is 0.636. The normalized spacial score (nSPS) is 35.4. The first kappa shape index (κ1) is 18.6. The van der Waals surface area contributed by atoms with Crippen molar-refractivity contribution in [2.75, 3.05) is 7.05 Å². The lowest BCUT2D eigenvalue weighted by Crippen LogP contribution is -2.64. The number of hydrazine groups is 1. The first-order valence-electron chi connectivity index (χ1n) is 10.2. The molecule has 1 amide bonds. The van der Waals surface area contributed by atoms with Crippen molar-refractivity contribution in [1.82, 2.24) is 10.4 Å². The van der Waals surface area contributed by atoms with Crippen LogP contribution in [0.1, 0.15) is 43.2 Å². The Labute approximate surface area is 161 Å². The second-order valence-electron chi connectivity index (χ2n) is 9.21. The van der Waals surface area contributed by atoms with Crippen LogP contribution in [0.4, 0.5) is 0 Å². The molecule has 146 valence electrons. The van der Waals surface area contributed by atoms with Gasteiger partial charge in [-0.2, -0.15) is 0 Å². The molecule has 4 bridgehead atoms. The molecular formula is C22H31N3O2. The van der Waals surface area contributed by atoms with Gasteiger partial charge < -0.3 is 10.5 Å². The van der Waals surface area contributed by atoms with E-state index in [2.05, 4.69) is 24.5 Å². The van der Waals surface area contributed by atoms with Gasteiger partial charge in [-0.05, 0) is 74.3 Å². The van der Waals surface area contributed by atoms with Crippen molar-refractivity contribution in [3.05, 3.63) is 35.4 Å². The zero-order chi connectivity index (χ0) is 19.2. The van der Waals surface area contributed by atoms with Crippen LogP contribution in [0.2, 0.25) is 0 Å². The average Bonchev–Trinajstić information content (AvgIpc) is 2.63. The predicted molar refractivity (Wildman–Crippen MR) is 105 cm³/mol. The van der Waals surface area contributed by atoms with Crippen molar-refractivity contribution in [2.45, 2.75) is 57.5 Å². The fourth-order valence-electron chi connectivity index (χ4n) is 6.21. The second-order valence-corrected chi connectivity index (χ2v) is 9.21. The zero-order valence-corrected chi connectivity index (χ0v) is 16.4. The molecule has 27 heavy (non-hydrogen) atoms. The topological polar surface area (TPSA) is 75.4 Å². The Hall–Kier alpha value is -1.72. The highest BCUT2D eigenvalue weighted by Gasteiger charge is 2.58. The number of hydrogen-bond acceptors (Lipinski definition) is 4. The third kappa shape index (κ3) is 3.32. The Kier molecular flexibility index (Phi) is 4.85. The van der Waals surface area contributed by atoms with Gasteiger partial charge in [0.1, 0.15) is 6.29 Å². The summed E-state index contributed by atoms with van der Waals surface area (Å²) in [5.41, 5.74) is 11.6. The van der Waals surface area contributed by atoms with Crippen LogP contribution in [0.25, 0.3) is 0 Å². The number of amides is 1. The Bertz CT molecular complexity index is 718. The first-order valence-corrected chi connectivity index (χ1v) is 10.2. The summed E-state index contributed by atoms with van der Waals surface area (Å²) in [6.07, 6.45) is 6.91. The van der Waals surface area contributed by atoms with Gasteiger partial charge in [0.25, 0.3) is 0 Å². The molecular weight excluding hydrogens is 338 g/mol. The van der Waals surface area contributed by atoms with Crippen molar-refractivity contribution < 1.29 is 9.59 Å². The van der Waals surface area contributed by atoms with Gasteiger partial charge in [-0.15, -0.1) is 0 Å². The highest BCUT2D eigenvalue weighted by Crippen LogP contribution is 2.59. The van der Waals surface area contributed by atoms with Gasteiger partial charge in [0.15, 0.2) is 0 Å². The molecule has 3 N–H and O–H groups in total. The van der Waals surface area contributed by atoms with Crippen LogP contribution in [-0.2, 0) is 16.0 Å². The zero-order valence-electron chi connectivity index (χ0n) is 16.4. The molecule has 0 saturated heterocycles. The molecule has 4 aliphatic carbocycles. The van der Waals surface area contributed by atoms with Crippen molar-refractivity contribution in [3.8, 4) is 0 Å². The average molecular weight is 370 g/mol. The van der Waals surface area contributed by atoms with E-state index in [0.717, 1.165) is 25.5 Å². The van der Waals surface area contributed by atoms with E-state index < -0.39 is 0 Å². The van der Waals surface area contributed by atoms with E-state index in [1.807, 2.05) is 24.2 Å². The van der Waals surface area contributed by atoms with Crippen LogP contribution >= 0.6 is 0 Å². The summed E-state index contributed by atoms with van der Waals surface area (Å²) < 4.78 is 0. The van der Waals surface area contributed by atoms with Crippen LogP contribution < -0.4 is 11.2 Å².